The molecule has 1 saturated heterocycles. The largest absolute Gasteiger partial charge is 0.493 e. The minimum Gasteiger partial charge on any atom is -0.493 e. The first kappa shape index (κ1) is 16.8. The lowest BCUT2D eigenvalue weighted by Gasteiger charge is -2.23. The second kappa shape index (κ2) is 8.79. The van der Waals surface area contributed by atoms with Gasteiger partial charge in [0.2, 0.25) is 0 Å². The van der Waals surface area contributed by atoms with Crippen LogP contribution in [-0.2, 0) is 9.47 Å². The summed E-state index contributed by atoms with van der Waals surface area (Å²) >= 11 is 0. The molecule has 0 saturated carbocycles. The smallest absolute Gasteiger partial charge is 0.161 e. The molecule has 120 valence electrons. The fourth-order valence-electron chi connectivity index (χ4n) is 2.12. The number of nitrogens with zero attached hydrogens (tertiary/aromatic N) is 2. The molecule has 2 rings (SSSR count). The van der Waals surface area contributed by atoms with Crippen molar-refractivity contribution < 1.29 is 18.9 Å². The van der Waals surface area contributed by atoms with E-state index in [0.717, 1.165) is 6.42 Å². The highest BCUT2D eigenvalue weighted by Crippen LogP contribution is 2.29. The number of nitriles is 2. The topological polar surface area (TPSA) is 84.5 Å². The molecule has 1 heterocycles. The van der Waals surface area contributed by atoms with Crippen LogP contribution in [0.4, 0.5) is 0 Å². The Balaban J connectivity index is 2.02. The van der Waals surface area contributed by atoms with Crippen LogP contribution in [-0.4, -0.2) is 33.2 Å². The second-order valence-electron chi connectivity index (χ2n) is 4.85. The molecule has 1 fully saturated rings. The van der Waals surface area contributed by atoms with Crippen LogP contribution in [0.5, 0.6) is 11.5 Å². The van der Waals surface area contributed by atoms with Gasteiger partial charge in [0.05, 0.1) is 26.9 Å². The fourth-order valence-corrected chi connectivity index (χ4v) is 2.12. The van der Waals surface area contributed by atoms with Crippen molar-refractivity contribution in [3.8, 4) is 23.6 Å². The molecular formula is C17H18N2O4. The first-order chi connectivity index (χ1) is 11.3. The highest BCUT2D eigenvalue weighted by Gasteiger charge is 2.14. The van der Waals surface area contributed by atoms with E-state index < -0.39 is 0 Å². The van der Waals surface area contributed by atoms with E-state index >= 15 is 0 Å². The third-order valence-electron chi connectivity index (χ3n) is 3.25. The van der Waals surface area contributed by atoms with Crippen LogP contribution in [0, 0.1) is 22.7 Å². The number of hydrogen-bond donors (Lipinski definition) is 0. The molecule has 0 aliphatic carbocycles. The number of rotatable bonds is 6. The maximum Gasteiger partial charge on any atom is 0.161 e. The molecule has 23 heavy (non-hydrogen) atoms. The van der Waals surface area contributed by atoms with Crippen LogP contribution in [0.2, 0.25) is 0 Å². The van der Waals surface area contributed by atoms with Crippen molar-refractivity contribution in [2.24, 2.45) is 0 Å². The molecule has 0 bridgehead atoms. The maximum absolute atomic E-state index is 8.82. The molecule has 0 radical (unpaired) electrons. The molecule has 1 aromatic carbocycles. The van der Waals surface area contributed by atoms with E-state index in [1.807, 2.05) is 12.1 Å². The number of benzene rings is 1. The van der Waals surface area contributed by atoms with E-state index in [-0.39, 0.29) is 11.9 Å². The summed E-state index contributed by atoms with van der Waals surface area (Å²) in [5, 5.41) is 17.6. The van der Waals surface area contributed by atoms with Crippen LogP contribution < -0.4 is 9.47 Å². The highest BCUT2D eigenvalue weighted by molar-refractivity contribution is 5.64. The van der Waals surface area contributed by atoms with Crippen LogP contribution in [0.15, 0.2) is 23.8 Å². The van der Waals surface area contributed by atoms with E-state index in [2.05, 4.69) is 0 Å². The standard InChI is InChI=1S/C17H18N2O4/c1-20-15-4-3-13(9-14(11-18)12-19)10-16(15)21-8-5-17-22-6-2-7-23-17/h3-4,9-10,17H,2,5-8H2,1H3. The summed E-state index contributed by atoms with van der Waals surface area (Å²) in [6.07, 6.45) is 2.80. The lowest BCUT2D eigenvalue weighted by Crippen LogP contribution is -2.26. The molecule has 6 nitrogen and oxygen atoms in total. The third-order valence-corrected chi connectivity index (χ3v) is 3.25. The highest BCUT2D eigenvalue weighted by atomic mass is 16.7. The number of allylic oxidation sites excluding steroid dienone is 1. The summed E-state index contributed by atoms with van der Waals surface area (Å²) in [7, 11) is 1.56. The van der Waals surface area contributed by atoms with Gasteiger partial charge in [-0.05, 0) is 30.2 Å². The van der Waals surface area contributed by atoms with E-state index in [9.17, 15) is 0 Å². The average molecular weight is 314 g/mol. The molecule has 0 atom stereocenters. The Kier molecular flexibility index (Phi) is 6.43. The van der Waals surface area contributed by atoms with Crippen molar-refractivity contribution in [3.63, 3.8) is 0 Å². The predicted molar refractivity (Wildman–Crippen MR) is 82.6 cm³/mol. The Bertz CT molecular complexity index is 621. The lowest BCUT2D eigenvalue weighted by molar-refractivity contribution is -0.183. The van der Waals surface area contributed by atoms with Crippen molar-refractivity contribution >= 4 is 6.08 Å². The first-order valence-electron chi connectivity index (χ1n) is 7.32. The maximum atomic E-state index is 8.82. The summed E-state index contributed by atoms with van der Waals surface area (Å²) in [6.45, 7) is 1.83. The predicted octanol–water partition coefficient (Wildman–Crippen LogP) is 2.66. The van der Waals surface area contributed by atoms with Gasteiger partial charge in [-0.1, -0.05) is 6.07 Å². The van der Waals surface area contributed by atoms with E-state index in [1.54, 1.807) is 25.3 Å². The Morgan fingerprint density at radius 2 is 2.00 bits per heavy atom. The second-order valence-corrected chi connectivity index (χ2v) is 4.85. The van der Waals surface area contributed by atoms with Gasteiger partial charge in [0.25, 0.3) is 0 Å². The summed E-state index contributed by atoms with van der Waals surface area (Å²) < 4.78 is 21.9. The van der Waals surface area contributed by atoms with Crippen molar-refractivity contribution in [2.45, 2.75) is 19.1 Å². The number of hydrogen-bond acceptors (Lipinski definition) is 6. The minimum atomic E-state index is -0.235. The van der Waals surface area contributed by atoms with Gasteiger partial charge in [0.1, 0.15) is 17.7 Å². The lowest BCUT2D eigenvalue weighted by atomic mass is 10.1. The van der Waals surface area contributed by atoms with Gasteiger partial charge >= 0.3 is 0 Å². The molecule has 1 aliphatic heterocycles. The van der Waals surface area contributed by atoms with Gasteiger partial charge < -0.3 is 18.9 Å². The van der Waals surface area contributed by atoms with Crippen molar-refractivity contribution in [1.82, 2.24) is 0 Å². The molecule has 0 amide bonds. The van der Waals surface area contributed by atoms with Gasteiger partial charge in [0, 0.05) is 6.42 Å². The van der Waals surface area contributed by atoms with Crippen LogP contribution in [0.1, 0.15) is 18.4 Å². The molecule has 1 aliphatic rings. The van der Waals surface area contributed by atoms with Crippen molar-refractivity contribution in [3.05, 3.63) is 29.3 Å². The third kappa shape index (κ3) is 5.00. The fraction of sp³-hybridized carbons (Fsp3) is 0.412. The Morgan fingerprint density at radius 3 is 2.65 bits per heavy atom. The van der Waals surface area contributed by atoms with E-state index in [4.69, 9.17) is 29.5 Å². The van der Waals surface area contributed by atoms with Gasteiger partial charge in [-0.25, -0.2) is 0 Å². The number of ether oxygens (including phenoxy) is 4. The normalized spacial score (nSPS) is 14.4. The van der Waals surface area contributed by atoms with Crippen LogP contribution in [0.3, 0.4) is 0 Å². The average Bonchev–Trinajstić information content (AvgIpc) is 2.61. The van der Waals surface area contributed by atoms with Crippen molar-refractivity contribution in [1.29, 1.82) is 10.5 Å². The van der Waals surface area contributed by atoms with E-state index in [0.29, 0.717) is 43.3 Å². The minimum absolute atomic E-state index is 0.0325. The monoisotopic (exact) mass is 314 g/mol. The number of methoxy groups -OCH3 is 1. The quantitative estimate of drug-likeness (QED) is 0.750. The summed E-state index contributed by atoms with van der Waals surface area (Å²) in [4.78, 5) is 0. The summed E-state index contributed by atoms with van der Waals surface area (Å²) in [5.74, 6) is 1.13. The zero-order valence-corrected chi connectivity index (χ0v) is 12.9. The SMILES string of the molecule is COc1ccc(C=C(C#N)C#N)cc1OCCC1OCCCO1. The zero-order chi connectivity index (χ0) is 16.5. The van der Waals surface area contributed by atoms with Gasteiger partial charge in [-0.2, -0.15) is 10.5 Å². The van der Waals surface area contributed by atoms with Crippen LogP contribution in [0.25, 0.3) is 6.08 Å². The van der Waals surface area contributed by atoms with Gasteiger partial charge in [-0.15, -0.1) is 0 Å². The van der Waals surface area contributed by atoms with Crippen LogP contribution >= 0.6 is 0 Å². The van der Waals surface area contributed by atoms with Gasteiger partial charge in [-0.3, -0.25) is 0 Å². The first-order valence-corrected chi connectivity index (χ1v) is 7.32. The Hall–Kier alpha value is -2.54. The summed E-state index contributed by atoms with van der Waals surface area (Å²) in [5.41, 5.74) is 0.731. The van der Waals surface area contributed by atoms with Gasteiger partial charge in [0.15, 0.2) is 17.8 Å². The molecule has 0 unspecified atom stereocenters. The molecule has 1 aromatic rings. The zero-order valence-electron chi connectivity index (χ0n) is 12.9. The summed E-state index contributed by atoms with van der Waals surface area (Å²) in [6, 6.07) is 8.89. The van der Waals surface area contributed by atoms with E-state index in [1.165, 1.54) is 6.08 Å². The molecule has 6 heteroatoms. The Morgan fingerprint density at radius 1 is 1.26 bits per heavy atom. The van der Waals surface area contributed by atoms with Crippen molar-refractivity contribution in [2.75, 3.05) is 26.9 Å². The Labute approximate surface area is 135 Å². The molecule has 0 spiro atoms. The molecular weight excluding hydrogens is 296 g/mol. The molecule has 0 aromatic heterocycles. The molecule has 0 N–H and O–H groups in total.